The number of hydrogen-bond acceptors (Lipinski definition) is 14. The minimum Gasteiger partial charge on any atom is -0.395 e. The van der Waals surface area contributed by atoms with Crippen molar-refractivity contribution < 1.29 is 36.0 Å². The molecular weight excluding hydrogens is 949 g/mol. The highest BCUT2D eigenvalue weighted by molar-refractivity contribution is 7.93. The minimum absolute atomic E-state index is 0.00931. The molecule has 2 saturated heterocycles. The van der Waals surface area contributed by atoms with Gasteiger partial charge in [0.25, 0.3) is 40.2 Å². The SMILES string of the molecule is C=CCN(c1nccs1)S(=O)(=O)c1ccc(N2CC[C@@H](O)C2=O)nc1.C=CCN(c1nccs1)S(=O)(=O)c1ccc(N2CC[C@@H](O[Si](c3ccccc3)(c3ccccc3)C(C)(C)C)C2=O)nc1. The molecule has 6 aromatic rings. The molecule has 0 saturated carbocycles. The maximum Gasteiger partial charge on any atom is 0.267 e. The van der Waals surface area contributed by atoms with Crippen molar-refractivity contribution in [2.75, 3.05) is 44.6 Å². The Morgan fingerprint density at radius 1 is 0.701 bits per heavy atom. The Hall–Kier alpha value is -5.94. The second-order valence-electron chi connectivity index (χ2n) is 16.3. The maximum atomic E-state index is 13.8. The Morgan fingerprint density at radius 2 is 1.15 bits per heavy atom. The van der Waals surface area contributed by atoms with Crippen LogP contribution in [-0.4, -0.2) is 100 Å². The van der Waals surface area contributed by atoms with Crippen molar-refractivity contribution >= 4 is 95.1 Å². The van der Waals surface area contributed by atoms with Crippen molar-refractivity contribution in [2.24, 2.45) is 0 Å². The van der Waals surface area contributed by atoms with Gasteiger partial charge in [-0.05, 0) is 46.1 Å². The zero-order valence-corrected chi connectivity index (χ0v) is 41.3. The summed E-state index contributed by atoms with van der Waals surface area (Å²) < 4.78 is 61.9. The fraction of sp³-hybridized carbons (Fsp3) is 0.261. The van der Waals surface area contributed by atoms with Crippen LogP contribution in [0.4, 0.5) is 21.9 Å². The standard InChI is InChI=1S/C31H34N4O4S2Si.C15H16N4O4S2/c1-5-20-35(30-32-19-22-40-30)41(37,38)24-16-17-28(33-23-24)34-21-18-27(29(34)36)39-42(31(2,3)4,25-12-8-6-9-13-25)26-14-10-7-11-15-26;1-2-7-19(15-16-6-9-24-15)25(22,23)11-3-4-13(17-10-11)18-8-5-12(20)14(18)21/h5-17,19,22-23,27H,1,18,20-21H2,2-4H3;2-4,6,9-10,12,20H,1,5,7-8H2/t27-;12-/m11/s1. The summed E-state index contributed by atoms with van der Waals surface area (Å²) >= 11 is 2.43. The zero-order valence-electron chi connectivity index (χ0n) is 37.0. The summed E-state index contributed by atoms with van der Waals surface area (Å²) in [6, 6.07) is 26.3. The number of sulfonamides is 2. The number of rotatable bonds is 16. The lowest BCUT2D eigenvalue weighted by Crippen LogP contribution is -2.68. The van der Waals surface area contributed by atoms with Crippen LogP contribution in [0.3, 0.4) is 0 Å². The number of aromatic nitrogens is 4. The highest BCUT2D eigenvalue weighted by Crippen LogP contribution is 2.39. The first kappa shape index (κ1) is 49.0. The monoisotopic (exact) mass is 998 g/mol. The topological polar surface area (TPSA) is 196 Å². The van der Waals surface area contributed by atoms with E-state index >= 15 is 0 Å². The van der Waals surface area contributed by atoms with Gasteiger partial charge in [-0.2, -0.15) is 0 Å². The van der Waals surface area contributed by atoms with E-state index in [2.05, 4.69) is 78.1 Å². The van der Waals surface area contributed by atoms with Crippen molar-refractivity contribution in [3.63, 3.8) is 0 Å². The van der Waals surface area contributed by atoms with E-state index in [9.17, 15) is 31.5 Å². The maximum absolute atomic E-state index is 13.8. The molecule has 0 bridgehead atoms. The molecule has 21 heteroatoms. The second kappa shape index (κ2) is 20.5. The fourth-order valence-corrected chi connectivity index (χ4v) is 17.0. The Balaban J connectivity index is 0.000000227. The van der Waals surface area contributed by atoms with Crippen molar-refractivity contribution in [2.45, 2.75) is 60.7 Å². The first-order chi connectivity index (χ1) is 32.0. The van der Waals surface area contributed by atoms with Crippen molar-refractivity contribution in [3.05, 3.63) is 146 Å². The molecule has 2 aliphatic rings. The van der Waals surface area contributed by atoms with Crippen LogP contribution in [0, 0.1) is 0 Å². The molecule has 16 nitrogen and oxygen atoms in total. The van der Waals surface area contributed by atoms with Gasteiger partial charge < -0.3 is 9.53 Å². The van der Waals surface area contributed by atoms with Crippen LogP contribution in [0.1, 0.15) is 33.6 Å². The third-order valence-electron chi connectivity index (χ3n) is 11.1. The molecule has 0 radical (unpaired) electrons. The molecule has 2 aliphatic heterocycles. The predicted molar refractivity (Wildman–Crippen MR) is 265 cm³/mol. The molecule has 6 heterocycles. The van der Waals surface area contributed by atoms with Crippen molar-refractivity contribution in [1.29, 1.82) is 0 Å². The molecule has 2 aromatic carbocycles. The molecule has 2 atom stereocenters. The number of carbonyl (C=O) groups excluding carboxylic acids is 2. The Kier molecular flexibility index (Phi) is 15.0. The summed E-state index contributed by atoms with van der Waals surface area (Å²) in [5, 5.41) is 15.5. The highest BCUT2D eigenvalue weighted by atomic mass is 32.2. The van der Waals surface area contributed by atoms with Gasteiger partial charge in [0.15, 0.2) is 10.3 Å². The van der Waals surface area contributed by atoms with Gasteiger partial charge in [0, 0.05) is 55.1 Å². The number of amides is 2. The molecule has 0 unspecified atom stereocenters. The molecular formula is C46H50N8O8S4Si. The number of thiazole rings is 2. The van der Waals surface area contributed by atoms with E-state index in [4.69, 9.17) is 4.43 Å². The van der Waals surface area contributed by atoms with Crippen LogP contribution < -0.4 is 28.8 Å². The Bertz CT molecular complexity index is 2830. The second-order valence-corrected chi connectivity index (χ2v) is 26.0. The van der Waals surface area contributed by atoms with E-state index in [0.717, 1.165) is 14.7 Å². The number of carbonyl (C=O) groups is 2. The van der Waals surface area contributed by atoms with Crippen LogP contribution in [0.5, 0.6) is 0 Å². The molecule has 0 aliphatic carbocycles. The number of hydrogen-bond donors (Lipinski definition) is 1. The zero-order chi connectivity index (χ0) is 48.0. The van der Waals surface area contributed by atoms with Crippen LogP contribution >= 0.6 is 22.7 Å². The number of pyridine rings is 2. The molecule has 1 N–H and O–H groups in total. The van der Waals surface area contributed by atoms with Crippen LogP contribution in [0.15, 0.2) is 156 Å². The van der Waals surface area contributed by atoms with Crippen LogP contribution in [-0.2, 0) is 34.1 Å². The highest BCUT2D eigenvalue weighted by Gasteiger charge is 2.53. The van der Waals surface area contributed by atoms with Gasteiger partial charge in [-0.15, -0.1) is 35.8 Å². The molecule has 8 rings (SSSR count). The molecule has 350 valence electrons. The largest absolute Gasteiger partial charge is 0.395 e. The summed E-state index contributed by atoms with van der Waals surface area (Å²) in [5.74, 6) is 0.0865. The van der Waals surface area contributed by atoms with E-state index in [0.29, 0.717) is 47.8 Å². The van der Waals surface area contributed by atoms with Crippen molar-refractivity contribution in [1.82, 2.24) is 19.9 Å². The summed E-state index contributed by atoms with van der Waals surface area (Å²) in [6.45, 7) is 14.7. The number of nitrogens with zero attached hydrogens (tertiary/aromatic N) is 8. The minimum atomic E-state index is -3.93. The average molecular weight is 999 g/mol. The lowest BCUT2D eigenvalue weighted by Gasteiger charge is -2.44. The van der Waals surface area contributed by atoms with Gasteiger partial charge in [0.05, 0.1) is 13.1 Å². The fourth-order valence-electron chi connectivity index (χ4n) is 7.88. The predicted octanol–water partition coefficient (Wildman–Crippen LogP) is 5.62. The number of aliphatic hydroxyl groups excluding tert-OH is 1. The molecule has 2 fully saturated rings. The lowest BCUT2D eigenvalue weighted by atomic mass is 10.2. The van der Waals surface area contributed by atoms with Gasteiger partial charge >= 0.3 is 0 Å². The third-order valence-corrected chi connectivity index (χ3v) is 21.4. The van der Waals surface area contributed by atoms with Gasteiger partial charge in [-0.1, -0.05) is 93.6 Å². The lowest BCUT2D eigenvalue weighted by molar-refractivity contribution is -0.124. The van der Waals surface area contributed by atoms with Gasteiger partial charge in [0.1, 0.15) is 33.6 Å². The number of aliphatic hydroxyl groups is 1. The van der Waals surface area contributed by atoms with Gasteiger partial charge in [0.2, 0.25) is 0 Å². The third kappa shape index (κ3) is 10.0. The molecule has 67 heavy (non-hydrogen) atoms. The number of anilines is 4. The molecule has 2 amide bonds. The molecule has 4 aromatic heterocycles. The Morgan fingerprint density at radius 3 is 1.51 bits per heavy atom. The average Bonchev–Trinajstić information content (AvgIpc) is 4.18. The molecule has 0 spiro atoms. The smallest absolute Gasteiger partial charge is 0.267 e. The van der Waals surface area contributed by atoms with Crippen LogP contribution in [0.25, 0.3) is 0 Å². The van der Waals surface area contributed by atoms with Gasteiger partial charge in [-0.3, -0.25) is 19.4 Å². The summed E-state index contributed by atoms with van der Waals surface area (Å²) in [7, 11) is -10.7. The summed E-state index contributed by atoms with van der Waals surface area (Å²) in [4.78, 5) is 45.3. The van der Waals surface area contributed by atoms with E-state index in [1.54, 1.807) is 27.9 Å². The Labute approximate surface area is 399 Å². The van der Waals surface area contributed by atoms with E-state index in [-0.39, 0.29) is 33.8 Å². The normalized spacial score (nSPS) is 16.7. The van der Waals surface area contributed by atoms with E-state index < -0.39 is 46.5 Å². The van der Waals surface area contributed by atoms with Crippen molar-refractivity contribution in [3.8, 4) is 0 Å². The van der Waals surface area contributed by atoms with E-state index in [1.165, 1.54) is 80.8 Å². The first-order valence-corrected chi connectivity index (χ1v) is 27.7. The summed E-state index contributed by atoms with van der Waals surface area (Å²) in [5.41, 5.74) is 0. The number of benzene rings is 2. The quantitative estimate of drug-likeness (QED) is 0.0931. The first-order valence-electron chi connectivity index (χ1n) is 21.1. The summed E-state index contributed by atoms with van der Waals surface area (Å²) in [6.07, 6.45) is 7.70. The van der Waals surface area contributed by atoms with Crippen LogP contribution in [0.2, 0.25) is 5.04 Å². The van der Waals surface area contributed by atoms with E-state index in [1.807, 2.05) is 36.4 Å². The van der Waals surface area contributed by atoms with Gasteiger partial charge in [-0.25, -0.2) is 45.4 Å².